The summed E-state index contributed by atoms with van der Waals surface area (Å²) in [5.41, 5.74) is 3.58. The van der Waals surface area contributed by atoms with Crippen molar-refractivity contribution in [1.29, 1.82) is 0 Å². The predicted molar refractivity (Wildman–Crippen MR) is 101 cm³/mol. The molecule has 0 radical (unpaired) electrons. The van der Waals surface area contributed by atoms with Crippen LogP contribution in [0.4, 0.5) is 0 Å². The first-order valence-electron chi connectivity index (χ1n) is 9.35. The molecule has 2 aromatic rings. The largest absolute Gasteiger partial charge is 0.497 e. The van der Waals surface area contributed by atoms with E-state index in [1.54, 1.807) is 7.11 Å². The number of ether oxygens (including phenoxy) is 1. The summed E-state index contributed by atoms with van der Waals surface area (Å²) in [6.45, 7) is 9.96. The van der Waals surface area contributed by atoms with Gasteiger partial charge in [-0.25, -0.2) is 0 Å². The Balaban J connectivity index is 1.96. The van der Waals surface area contributed by atoms with Crippen molar-refractivity contribution in [2.75, 3.05) is 20.2 Å². The van der Waals surface area contributed by atoms with Crippen molar-refractivity contribution in [2.45, 2.75) is 40.5 Å². The molecule has 0 saturated carbocycles. The Bertz CT molecular complexity index is 783. The summed E-state index contributed by atoms with van der Waals surface area (Å²) in [4.78, 5) is 15.1. The van der Waals surface area contributed by atoms with Crippen molar-refractivity contribution in [2.24, 2.45) is 11.8 Å². The molecule has 0 unspecified atom stereocenters. The summed E-state index contributed by atoms with van der Waals surface area (Å²) in [5, 5.41) is 4.18. The smallest absolute Gasteiger partial charge is 0.276 e. The molecule has 140 valence electrons. The molecule has 0 atom stereocenters. The molecule has 1 aromatic heterocycles. The third-order valence-electron chi connectivity index (χ3n) is 4.66. The Hall–Kier alpha value is -2.30. The highest BCUT2D eigenvalue weighted by molar-refractivity contribution is 5.95. The predicted octanol–water partition coefficient (Wildman–Crippen LogP) is 4.20. The van der Waals surface area contributed by atoms with Crippen LogP contribution in [0, 0.1) is 11.8 Å². The molecule has 0 spiro atoms. The number of nitrogens with zero attached hydrogens (tertiary/aromatic N) is 2. The van der Waals surface area contributed by atoms with Gasteiger partial charge in [0.05, 0.1) is 7.11 Å². The van der Waals surface area contributed by atoms with E-state index in [4.69, 9.17) is 9.26 Å². The quantitative estimate of drug-likeness (QED) is 0.778. The number of hydrogen-bond donors (Lipinski definition) is 0. The molecule has 0 bridgehead atoms. The molecule has 0 N–H and O–H groups in total. The highest BCUT2D eigenvalue weighted by Gasteiger charge is 2.30. The van der Waals surface area contributed by atoms with Crippen molar-refractivity contribution in [1.82, 2.24) is 10.1 Å². The van der Waals surface area contributed by atoms with Gasteiger partial charge in [0.15, 0.2) is 11.5 Å². The summed E-state index contributed by atoms with van der Waals surface area (Å²) in [6.07, 6.45) is 1.65. The number of aryl methyl sites for hydroxylation is 1. The molecule has 1 aliphatic rings. The third kappa shape index (κ3) is 3.62. The molecule has 0 fully saturated rings. The Morgan fingerprint density at radius 3 is 2.50 bits per heavy atom. The van der Waals surface area contributed by atoms with Crippen LogP contribution in [0.1, 0.15) is 49.3 Å². The van der Waals surface area contributed by atoms with Gasteiger partial charge in [-0.2, -0.15) is 0 Å². The number of amides is 1. The standard InChI is InChI=1S/C21H28N2O3/c1-13(2)11-23(12-14(3)4)21(24)19-17-9-7-15-6-8-16(25-5)10-18(15)20(17)26-22-19/h6,8,10,13-14H,7,9,11-12H2,1-5H3. The second-order valence-corrected chi connectivity index (χ2v) is 7.86. The number of hydrogen-bond acceptors (Lipinski definition) is 4. The number of carbonyl (C=O) groups excluding carboxylic acids is 1. The molecule has 1 amide bonds. The maximum Gasteiger partial charge on any atom is 0.276 e. The third-order valence-corrected chi connectivity index (χ3v) is 4.66. The van der Waals surface area contributed by atoms with E-state index in [0.717, 1.165) is 42.8 Å². The maximum atomic E-state index is 13.2. The Morgan fingerprint density at radius 2 is 1.88 bits per heavy atom. The van der Waals surface area contributed by atoms with Crippen LogP contribution < -0.4 is 4.74 Å². The number of fused-ring (bicyclic) bond motifs is 3. The van der Waals surface area contributed by atoms with Crippen molar-refractivity contribution >= 4 is 5.91 Å². The number of benzene rings is 1. The van der Waals surface area contributed by atoms with E-state index in [1.165, 1.54) is 5.56 Å². The SMILES string of the molecule is COc1ccc2c(c1)-c1onc(C(=O)N(CC(C)C)CC(C)C)c1CC2. The minimum absolute atomic E-state index is 0.0243. The van der Waals surface area contributed by atoms with Crippen LogP contribution in [0.3, 0.4) is 0 Å². The molecule has 26 heavy (non-hydrogen) atoms. The van der Waals surface area contributed by atoms with Gasteiger partial charge in [-0.3, -0.25) is 4.79 Å². The summed E-state index contributed by atoms with van der Waals surface area (Å²) in [6, 6.07) is 5.98. The van der Waals surface area contributed by atoms with Crippen molar-refractivity contribution < 1.29 is 14.1 Å². The van der Waals surface area contributed by atoms with E-state index in [-0.39, 0.29) is 5.91 Å². The molecule has 1 aliphatic carbocycles. The second kappa shape index (κ2) is 7.52. The molecular formula is C21H28N2O3. The Labute approximate surface area is 155 Å². The van der Waals surface area contributed by atoms with Gasteiger partial charge >= 0.3 is 0 Å². The fraction of sp³-hybridized carbons (Fsp3) is 0.524. The van der Waals surface area contributed by atoms with E-state index >= 15 is 0 Å². The molecule has 0 aliphatic heterocycles. The van der Waals surface area contributed by atoms with Crippen LogP contribution in [0.5, 0.6) is 5.75 Å². The highest BCUT2D eigenvalue weighted by Crippen LogP contribution is 2.37. The van der Waals surface area contributed by atoms with E-state index in [9.17, 15) is 4.79 Å². The first-order chi connectivity index (χ1) is 12.4. The van der Waals surface area contributed by atoms with Crippen LogP contribution >= 0.6 is 0 Å². The average molecular weight is 356 g/mol. The van der Waals surface area contributed by atoms with Crippen molar-refractivity contribution in [3.05, 3.63) is 35.0 Å². The first-order valence-corrected chi connectivity index (χ1v) is 9.35. The minimum atomic E-state index is -0.0243. The highest BCUT2D eigenvalue weighted by atomic mass is 16.5. The number of aromatic nitrogens is 1. The zero-order valence-electron chi connectivity index (χ0n) is 16.3. The van der Waals surface area contributed by atoms with Crippen LogP contribution in [-0.2, 0) is 12.8 Å². The molecule has 1 heterocycles. The molecular weight excluding hydrogens is 328 g/mol. The molecule has 5 heteroatoms. The maximum absolute atomic E-state index is 13.2. The van der Waals surface area contributed by atoms with E-state index in [1.807, 2.05) is 17.0 Å². The van der Waals surface area contributed by atoms with Crippen LogP contribution in [0.2, 0.25) is 0 Å². The summed E-state index contributed by atoms with van der Waals surface area (Å²) in [7, 11) is 1.65. The van der Waals surface area contributed by atoms with E-state index in [0.29, 0.717) is 23.3 Å². The summed E-state index contributed by atoms with van der Waals surface area (Å²) in [5.74, 6) is 2.28. The fourth-order valence-corrected chi connectivity index (χ4v) is 3.56. The minimum Gasteiger partial charge on any atom is -0.497 e. The van der Waals surface area contributed by atoms with Crippen LogP contribution in [-0.4, -0.2) is 36.2 Å². The number of carbonyl (C=O) groups is 1. The van der Waals surface area contributed by atoms with E-state index < -0.39 is 0 Å². The van der Waals surface area contributed by atoms with Crippen molar-refractivity contribution in [3.63, 3.8) is 0 Å². The van der Waals surface area contributed by atoms with Crippen LogP contribution in [0.25, 0.3) is 11.3 Å². The lowest BCUT2D eigenvalue weighted by Gasteiger charge is -2.26. The van der Waals surface area contributed by atoms with Gasteiger partial charge in [-0.15, -0.1) is 0 Å². The van der Waals surface area contributed by atoms with Gasteiger partial charge in [-0.05, 0) is 42.4 Å². The molecule has 5 nitrogen and oxygen atoms in total. The summed E-state index contributed by atoms with van der Waals surface area (Å²) >= 11 is 0. The van der Waals surface area contributed by atoms with Crippen LogP contribution in [0.15, 0.2) is 22.7 Å². The Kier molecular flexibility index (Phi) is 5.35. The number of rotatable bonds is 6. The van der Waals surface area contributed by atoms with E-state index in [2.05, 4.69) is 38.9 Å². The van der Waals surface area contributed by atoms with Gasteiger partial charge in [-0.1, -0.05) is 38.9 Å². The fourth-order valence-electron chi connectivity index (χ4n) is 3.56. The Morgan fingerprint density at radius 1 is 1.19 bits per heavy atom. The second-order valence-electron chi connectivity index (χ2n) is 7.86. The number of methoxy groups -OCH3 is 1. The van der Waals surface area contributed by atoms with Gasteiger partial charge in [0.25, 0.3) is 5.91 Å². The molecule has 0 saturated heterocycles. The lowest BCUT2D eigenvalue weighted by molar-refractivity contribution is 0.0703. The monoisotopic (exact) mass is 356 g/mol. The van der Waals surface area contributed by atoms with Gasteiger partial charge < -0.3 is 14.2 Å². The van der Waals surface area contributed by atoms with Gasteiger partial charge in [0.1, 0.15) is 5.75 Å². The zero-order chi connectivity index (χ0) is 18.8. The van der Waals surface area contributed by atoms with Crippen molar-refractivity contribution in [3.8, 4) is 17.1 Å². The lowest BCUT2D eigenvalue weighted by atomic mass is 9.89. The lowest BCUT2D eigenvalue weighted by Crippen LogP contribution is -2.37. The topological polar surface area (TPSA) is 55.6 Å². The van der Waals surface area contributed by atoms with Gasteiger partial charge in [0.2, 0.25) is 0 Å². The molecule has 3 rings (SSSR count). The summed E-state index contributed by atoms with van der Waals surface area (Å²) < 4.78 is 11.0. The zero-order valence-corrected chi connectivity index (χ0v) is 16.3. The first kappa shape index (κ1) is 18.5. The normalized spacial score (nSPS) is 12.9. The molecule has 1 aromatic carbocycles. The van der Waals surface area contributed by atoms with Gasteiger partial charge in [0, 0.05) is 24.2 Å². The average Bonchev–Trinajstić information content (AvgIpc) is 3.03.